The molecule has 3 N–H and O–H groups in total. The highest BCUT2D eigenvalue weighted by atomic mass is 19.3. The molecule has 2 aromatic rings. The van der Waals surface area contributed by atoms with Crippen molar-refractivity contribution in [3.63, 3.8) is 0 Å². The number of nitrogens with two attached hydrogens (primary N) is 1. The second kappa shape index (κ2) is 12.5. The number of halogens is 2. The van der Waals surface area contributed by atoms with Gasteiger partial charge in [-0.2, -0.15) is 4.99 Å². The molecular formula is C26H37F2N7O. The number of benzene rings is 1. The molecule has 2 aliphatic rings. The molecular weight excluding hydrogens is 464 g/mol. The quantitative estimate of drug-likeness (QED) is 0.443. The van der Waals surface area contributed by atoms with Crippen molar-refractivity contribution in [1.29, 1.82) is 0 Å². The van der Waals surface area contributed by atoms with E-state index in [1.54, 1.807) is 24.3 Å². The first-order chi connectivity index (χ1) is 17.5. The molecule has 1 saturated carbocycles. The zero-order chi connectivity index (χ0) is 25.5. The lowest BCUT2D eigenvalue weighted by atomic mass is 9.86. The molecule has 1 aromatic carbocycles. The van der Waals surface area contributed by atoms with Gasteiger partial charge in [-0.25, -0.2) is 18.8 Å². The maximum absolute atomic E-state index is 13.9. The maximum atomic E-state index is 13.9. The van der Waals surface area contributed by atoms with Crippen molar-refractivity contribution in [3.8, 4) is 0 Å². The summed E-state index contributed by atoms with van der Waals surface area (Å²) in [6, 6.07) is 7.59. The van der Waals surface area contributed by atoms with Crippen LogP contribution in [0.3, 0.4) is 0 Å². The predicted octanol–water partition coefficient (Wildman–Crippen LogP) is 3.94. The first-order valence-corrected chi connectivity index (χ1v) is 12.8. The van der Waals surface area contributed by atoms with Crippen molar-refractivity contribution in [3.05, 3.63) is 42.7 Å². The summed E-state index contributed by atoms with van der Waals surface area (Å²) >= 11 is 0. The van der Waals surface area contributed by atoms with Crippen LogP contribution in [0.4, 0.5) is 8.78 Å². The van der Waals surface area contributed by atoms with E-state index in [2.05, 4.69) is 28.7 Å². The van der Waals surface area contributed by atoms with Gasteiger partial charge in [0.25, 0.3) is 6.43 Å². The number of aromatic nitrogens is 2. The molecule has 196 valence electrons. The van der Waals surface area contributed by atoms with Crippen molar-refractivity contribution >= 4 is 22.8 Å². The number of rotatable bonds is 7. The van der Waals surface area contributed by atoms with Crippen LogP contribution in [0.25, 0.3) is 11.0 Å². The number of hydrogen-bond donors (Lipinski definition) is 2. The molecule has 2 heterocycles. The molecule has 1 atom stereocenters. The molecule has 0 unspecified atom stereocenters. The maximum Gasteiger partial charge on any atom is 0.296 e. The van der Waals surface area contributed by atoms with Gasteiger partial charge in [0.2, 0.25) is 5.96 Å². The average Bonchev–Trinajstić information content (AvgIpc) is 3.29. The highest BCUT2D eigenvalue weighted by molar-refractivity contribution is 6.06. The van der Waals surface area contributed by atoms with Crippen LogP contribution in [0.2, 0.25) is 0 Å². The molecule has 4 rings (SSSR count). The molecule has 1 aromatic heterocycles. The van der Waals surface area contributed by atoms with E-state index in [0.717, 1.165) is 38.6 Å². The number of imidazole rings is 1. The molecule has 10 heteroatoms. The third-order valence-electron chi connectivity index (χ3n) is 7.08. The van der Waals surface area contributed by atoms with Crippen LogP contribution in [0.1, 0.15) is 51.3 Å². The van der Waals surface area contributed by atoms with Crippen LogP contribution in [0, 0.1) is 5.92 Å². The average molecular weight is 502 g/mol. The van der Waals surface area contributed by atoms with E-state index >= 15 is 0 Å². The molecule has 0 spiro atoms. The van der Waals surface area contributed by atoms with Crippen LogP contribution < -0.4 is 11.1 Å². The molecule has 1 aliphatic carbocycles. The second-order valence-electron chi connectivity index (χ2n) is 9.50. The van der Waals surface area contributed by atoms with Gasteiger partial charge in [-0.3, -0.25) is 9.47 Å². The SMILES string of the molecule is C=CC(=NC(=NCN1CCOC[C@H]1CC)NCC1CCC(N)CC1)n1c(C(F)F)nc2ccccc21. The van der Waals surface area contributed by atoms with Crippen molar-refractivity contribution in [2.45, 2.75) is 57.5 Å². The standard InChI is InChI=1S/C26H37F2N7O/c1-3-20-16-36-14-13-34(20)17-31-26(30-15-18-9-11-19(29)12-10-18)33-23(4-2)35-22-8-6-5-7-21(22)32-25(35)24(27)28/h4-8,18-20,24H,2-3,9-17,29H2,1H3,(H,30,31)/t18?,19?,20-/m1/s1. The number of alkyl halides is 2. The van der Waals surface area contributed by atoms with Crippen molar-refractivity contribution in [2.24, 2.45) is 21.6 Å². The van der Waals surface area contributed by atoms with Gasteiger partial charge in [-0.1, -0.05) is 25.6 Å². The van der Waals surface area contributed by atoms with Gasteiger partial charge < -0.3 is 15.8 Å². The van der Waals surface area contributed by atoms with Crippen molar-refractivity contribution in [2.75, 3.05) is 33.0 Å². The molecule has 0 bridgehead atoms. The van der Waals surface area contributed by atoms with Gasteiger partial charge in [0.05, 0.1) is 30.9 Å². The number of hydrogen-bond acceptors (Lipinski definition) is 5. The summed E-state index contributed by atoms with van der Waals surface area (Å²) < 4.78 is 34.9. The van der Waals surface area contributed by atoms with Gasteiger partial charge in [0.1, 0.15) is 5.84 Å². The fourth-order valence-electron chi connectivity index (χ4n) is 4.90. The van der Waals surface area contributed by atoms with E-state index in [-0.39, 0.29) is 23.7 Å². The summed E-state index contributed by atoms with van der Waals surface area (Å²) in [6.45, 7) is 9.27. The Balaban J connectivity index is 1.64. The lowest BCUT2D eigenvalue weighted by molar-refractivity contribution is -0.00699. The first kappa shape index (κ1) is 26.4. The minimum atomic E-state index is -2.76. The fraction of sp³-hybridized carbons (Fsp3) is 0.577. The van der Waals surface area contributed by atoms with E-state index in [1.807, 2.05) is 0 Å². The molecule has 36 heavy (non-hydrogen) atoms. The van der Waals surface area contributed by atoms with Crippen LogP contribution in [-0.2, 0) is 4.74 Å². The zero-order valence-corrected chi connectivity index (χ0v) is 21.0. The predicted molar refractivity (Wildman–Crippen MR) is 140 cm³/mol. The van der Waals surface area contributed by atoms with E-state index in [9.17, 15) is 8.78 Å². The van der Waals surface area contributed by atoms with Gasteiger partial charge in [0, 0.05) is 25.2 Å². The molecule has 8 nitrogen and oxygen atoms in total. The van der Waals surface area contributed by atoms with Crippen LogP contribution in [0.15, 0.2) is 46.9 Å². The smallest absolute Gasteiger partial charge is 0.296 e. The Morgan fingerprint density at radius 3 is 2.81 bits per heavy atom. The van der Waals surface area contributed by atoms with Crippen molar-refractivity contribution < 1.29 is 13.5 Å². The van der Waals surface area contributed by atoms with Crippen LogP contribution in [-0.4, -0.2) is 71.3 Å². The Hall–Kier alpha value is -2.69. The van der Waals surface area contributed by atoms with E-state index in [1.165, 1.54) is 10.6 Å². The third kappa shape index (κ3) is 6.35. The highest BCUT2D eigenvalue weighted by Gasteiger charge is 2.24. The van der Waals surface area contributed by atoms with E-state index in [4.69, 9.17) is 20.5 Å². The van der Waals surface area contributed by atoms with E-state index in [0.29, 0.717) is 49.3 Å². The first-order valence-electron chi connectivity index (χ1n) is 12.8. The van der Waals surface area contributed by atoms with Gasteiger partial charge in [-0.05, 0) is 56.2 Å². The lowest BCUT2D eigenvalue weighted by Crippen LogP contribution is -2.45. The Bertz CT molecular complexity index is 1080. The number of aliphatic imine (C=N–C) groups is 2. The number of guanidine groups is 1. The summed E-state index contributed by atoms with van der Waals surface area (Å²) in [4.78, 5) is 15.9. The number of ether oxygens (including phenoxy) is 1. The number of allylic oxidation sites excluding steroid dienone is 1. The Morgan fingerprint density at radius 2 is 2.08 bits per heavy atom. The second-order valence-corrected chi connectivity index (χ2v) is 9.50. The van der Waals surface area contributed by atoms with Gasteiger partial charge in [0.15, 0.2) is 5.82 Å². The Morgan fingerprint density at radius 1 is 1.31 bits per heavy atom. The Labute approximate surface area is 211 Å². The molecule has 0 amide bonds. The van der Waals surface area contributed by atoms with Crippen LogP contribution >= 0.6 is 0 Å². The topological polar surface area (TPSA) is 93.1 Å². The minimum Gasteiger partial charge on any atom is -0.378 e. The largest absolute Gasteiger partial charge is 0.378 e. The molecule has 0 radical (unpaired) electrons. The molecule has 1 saturated heterocycles. The highest BCUT2D eigenvalue weighted by Crippen LogP contribution is 2.25. The molecule has 2 fully saturated rings. The third-order valence-corrected chi connectivity index (χ3v) is 7.08. The lowest BCUT2D eigenvalue weighted by Gasteiger charge is -2.33. The number of nitrogens with one attached hydrogen (secondary N) is 1. The normalized spacial score (nSPS) is 24.4. The minimum absolute atomic E-state index is 0.255. The summed E-state index contributed by atoms with van der Waals surface area (Å²) in [5.41, 5.74) is 7.09. The Kier molecular flexibility index (Phi) is 9.17. The van der Waals surface area contributed by atoms with Gasteiger partial charge >= 0.3 is 0 Å². The summed E-state index contributed by atoms with van der Waals surface area (Å²) in [5, 5.41) is 3.39. The number of nitrogens with zero attached hydrogens (tertiary/aromatic N) is 5. The number of morpholine rings is 1. The summed E-state index contributed by atoms with van der Waals surface area (Å²) in [5.74, 6) is 0.758. The summed E-state index contributed by atoms with van der Waals surface area (Å²) in [7, 11) is 0. The molecule has 1 aliphatic heterocycles. The monoisotopic (exact) mass is 501 g/mol. The number of fused-ring (bicyclic) bond motifs is 1. The van der Waals surface area contributed by atoms with Crippen molar-refractivity contribution in [1.82, 2.24) is 19.8 Å². The summed E-state index contributed by atoms with van der Waals surface area (Å²) in [6.07, 6.45) is 3.77. The number of para-hydroxylation sites is 2. The zero-order valence-electron chi connectivity index (χ0n) is 21.0. The van der Waals surface area contributed by atoms with Gasteiger partial charge in [-0.15, -0.1) is 0 Å². The fourth-order valence-corrected chi connectivity index (χ4v) is 4.90. The van der Waals surface area contributed by atoms with E-state index < -0.39 is 6.43 Å². The van der Waals surface area contributed by atoms with Crippen LogP contribution in [0.5, 0.6) is 0 Å².